The SMILES string of the molecule is Cc1cc(C(=O)N2CCC3(CC2)[C@H](O)C[C@@H]3OCCN)c2cccc(C)c2n1.Cl.Cl. The maximum absolute atomic E-state index is 13.3. The molecule has 2 aromatic rings. The van der Waals surface area contributed by atoms with Crippen LogP contribution in [-0.2, 0) is 4.74 Å². The molecule has 2 atom stereocenters. The van der Waals surface area contributed by atoms with Gasteiger partial charge in [-0.1, -0.05) is 18.2 Å². The number of halogens is 2. The topological polar surface area (TPSA) is 88.7 Å². The summed E-state index contributed by atoms with van der Waals surface area (Å²) in [6.45, 7) is 6.22. The van der Waals surface area contributed by atoms with E-state index in [2.05, 4.69) is 4.98 Å². The summed E-state index contributed by atoms with van der Waals surface area (Å²) in [7, 11) is 0. The maximum Gasteiger partial charge on any atom is 0.254 e. The van der Waals surface area contributed by atoms with Gasteiger partial charge in [-0.2, -0.15) is 0 Å². The number of fused-ring (bicyclic) bond motifs is 1. The number of nitrogens with zero attached hydrogens (tertiary/aromatic N) is 2. The first-order valence-corrected chi connectivity index (χ1v) is 10.1. The van der Waals surface area contributed by atoms with Crippen LogP contribution in [0.4, 0.5) is 0 Å². The van der Waals surface area contributed by atoms with Gasteiger partial charge < -0.3 is 20.5 Å². The van der Waals surface area contributed by atoms with Crippen LogP contribution in [-0.4, -0.2) is 59.3 Å². The minimum Gasteiger partial charge on any atom is -0.392 e. The molecule has 0 unspecified atom stereocenters. The largest absolute Gasteiger partial charge is 0.392 e. The van der Waals surface area contributed by atoms with E-state index in [1.165, 1.54) is 0 Å². The molecular weight excluding hydrogens is 425 g/mol. The fourth-order valence-electron chi connectivity index (χ4n) is 4.82. The number of benzene rings is 1. The van der Waals surface area contributed by atoms with E-state index >= 15 is 0 Å². The van der Waals surface area contributed by atoms with Crippen molar-refractivity contribution >= 4 is 41.6 Å². The van der Waals surface area contributed by atoms with E-state index in [0.717, 1.165) is 35.0 Å². The number of rotatable bonds is 4. The average molecular weight is 456 g/mol. The van der Waals surface area contributed by atoms with Crippen molar-refractivity contribution < 1.29 is 14.6 Å². The second kappa shape index (κ2) is 9.79. The van der Waals surface area contributed by atoms with Gasteiger partial charge in [0.05, 0.1) is 29.9 Å². The molecule has 3 N–H and O–H groups in total. The zero-order valence-electron chi connectivity index (χ0n) is 17.5. The zero-order valence-corrected chi connectivity index (χ0v) is 19.1. The van der Waals surface area contributed by atoms with Crippen LogP contribution >= 0.6 is 24.8 Å². The minimum atomic E-state index is -0.348. The number of ether oxygens (including phenoxy) is 1. The van der Waals surface area contributed by atoms with Crippen LogP contribution in [0, 0.1) is 19.3 Å². The van der Waals surface area contributed by atoms with Crippen LogP contribution in [0.1, 0.15) is 40.9 Å². The maximum atomic E-state index is 13.3. The molecule has 0 bridgehead atoms. The number of carbonyl (C=O) groups excluding carboxylic acids is 1. The fourth-order valence-corrected chi connectivity index (χ4v) is 4.82. The summed E-state index contributed by atoms with van der Waals surface area (Å²) in [4.78, 5) is 19.9. The quantitative estimate of drug-likeness (QED) is 0.739. The molecular formula is C22H31Cl2N3O3. The van der Waals surface area contributed by atoms with Crippen molar-refractivity contribution in [2.24, 2.45) is 11.1 Å². The second-order valence-electron chi connectivity index (χ2n) is 8.21. The number of hydrogen-bond donors (Lipinski definition) is 2. The molecule has 6 nitrogen and oxygen atoms in total. The third-order valence-electron chi connectivity index (χ3n) is 6.56. The van der Waals surface area contributed by atoms with Crippen LogP contribution in [0.15, 0.2) is 24.3 Å². The highest BCUT2D eigenvalue weighted by Gasteiger charge is 2.56. The molecule has 1 spiro atoms. The molecule has 1 amide bonds. The van der Waals surface area contributed by atoms with Gasteiger partial charge in [0.1, 0.15) is 0 Å². The van der Waals surface area contributed by atoms with Gasteiger partial charge in [-0.3, -0.25) is 9.78 Å². The number of likely N-dealkylation sites (tertiary alicyclic amines) is 1. The summed E-state index contributed by atoms with van der Waals surface area (Å²) in [6, 6.07) is 7.85. The molecule has 4 rings (SSSR count). The van der Waals surface area contributed by atoms with E-state index in [9.17, 15) is 9.90 Å². The molecule has 1 saturated heterocycles. The molecule has 8 heteroatoms. The molecule has 166 valence electrons. The zero-order chi connectivity index (χ0) is 19.9. The van der Waals surface area contributed by atoms with Crippen molar-refractivity contribution in [3.05, 3.63) is 41.1 Å². The number of pyridine rings is 1. The first-order valence-electron chi connectivity index (χ1n) is 10.1. The Balaban J connectivity index is 0.00000160. The molecule has 2 heterocycles. The van der Waals surface area contributed by atoms with Crippen LogP contribution in [0.5, 0.6) is 0 Å². The van der Waals surface area contributed by atoms with Gasteiger partial charge in [0.15, 0.2) is 0 Å². The average Bonchev–Trinajstić information content (AvgIpc) is 2.70. The van der Waals surface area contributed by atoms with E-state index < -0.39 is 0 Å². The highest BCUT2D eigenvalue weighted by Crippen LogP contribution is 2.51. The molecule has 1 aliphatic carbocycles. The van der Waals surface area contributed by atoms with Crippen molar-refractivity contribution in [1.82, 2.24) is 9.88 Å². The van der Waals surface area contributed by atoms with E-state index in [4.69, 9.17) is 10.5 Å². The summed E-state index contributed by atoms with van der Waals surface area (Å²) in [6.07, 6.45) is 1.89. The lowest BCUT2D eigenvalue weighted by Crippen LogP contribution is -2.62. The summed E-state index contributed by atoms with van der Waals surface area (Å²) >= 11 is 0. The number of para-hydroxylation sites is 1. The molecule has 1 aliphatic heterocycles. The monoisotopic (exact) mass is 455 g/mol. The Bertz CT molecular complexity index is 901. The number of aliphatic hydroxyl groups is 1. The summed E-state index contributed by atoms with van der Waals surface area (Å²) in [5, 5.41) is 11.3. The third-order valence-corrected chi connectivity index (χ3v) is 6.56. The van der Waals surface area contributed by atoms with Crippen LogP contribution < -0.4 is 5.73 Å². The predicted octanol–water partition coefficient (Wildman–Crippen LogP) is 3.03. The first kappa shape index (κ1) is 24.8. The second-order valence-corrected chi connectivity index (χ2v) is 8.21. The molecule has 2 aliphatic rings. The molecule has 1 saturated carbocycles. The predicted molar refractivity (Wildman–Crippen MR) is 123 cm³/mol. The van der Waals surface area contributed by atoms with Crippen molar-refractivity contribution in [2.45, 2.75) is 45.3 Å². The molecule has 1 aromatic heterocycles. The Labute approximate surface area is 190 Å². The van der Waals surface area contributed by atoms with Gasteiger partial charge in [-0.25, -0.2) is 0 Å². The minimum absolute atomic E-state index is 0. The normalized spacial score (nSPS) is 22.2. The van der Waals surface area contributed by atoms with E-state index in [0.29, 0.717) is 38.2 Å². The van der Waals surface area contributed by atoms with E-state index in [1.54, 1.807) is 0 Å². The number of hydrogen-bond acceptors (Lipinski definition) is 5. The Morgan fingerprint density at radius 2 is 2.00 bits per heavy atom. The molecule has 2 fully saturated rings. The summed E-state index contributed by atoms with van der Waals surface area (Å²) in [5.74, 6) is 0.0455. The van der Waals surface area contributed by atoms with Crippen molar-refractivity contribution in [2.75, 3.05) is 26.2 Å². The molecule has 1 aromatic carbocycles. The van der Waals surface area contributed by atoms with Gasteiger partial charge in [0, 0.05) is 42.6 Å². The number of piperidine rings is 1. The smallest absolute Gasteiger partial charge is 0.254 e. The van der Waals surface area contributed by atoms with E-state index in [1.807, 2.05) is 43.0 Å². The molecule has 30 heavy (non-hydrogen) atoms. The molecule has 0 radical (unpaired) electrons. The Morgan fingerprint density at radius 1 is 1.30 bits per heavy atom. The number of carbonyl (C=O) groups is 1. The lowest BCUT2D eigenvalue weighted by molar-refractivity contribution is -0.207. The summed E-state index contributed by atoms with van der Waals surface area (Å²) < 4.78 is 5.86. The van der Waals surface area contributed by atoms with Gasteiger partial charge in [0.2, 0.25) is 0 Å². The van der Waals surface area contributed by atoms with Crippen LogP contribution in [0.2, 0.25) is 0 Å². The van der Waals surface area contributed by atoms with Crippen LogP contribution in [0.25, 0.3) is 10.9 Å². The number of amides is 1. The lowest BCUT2D eigenvalue weighted by atomic mass is 9.58. The number of aliphatic hydroxyl groups excluding tert-OH is 1. The van der Waals surface area contributed by atoms with Crippen molar-refractivity contribution in [3.63, 3.8) is 0 Å². The number of aromatic nitrogens is 1. The lowest BCUT2D eigenvalue weighted by Gasteiger charge is -2.56. The number of nitrogens with two attached hydrogens (primary N) is 1. The van der Waals surface area contributed by atoms with Crippen LogP contribution in [0.3, 0.4) is 0 Å². The Kier molecular flexibility index (Phi) is 8.10. The third kappa shape index (κ3) is 4.16. The Morgan fingerprint density at radius 3 is 2.63 bits per heavy atom. The van der Waals surface area contributed by atoms with Gasteiger partial charge in [0.25, 0.3) is 5.91 Å². The van der Waals surface area contributed by atoms with Gasteiger partial charge in [-0.15, -0.1) is 24.8 Å². The van der Waals surface area contributed by atoms with Gasteiger partial charge in [-0.05, 0) is 38.3 Å². The Hall–Kier alpha value is -1.44. The number of aryl methyl sites for hydroxylation is 2. The van der Waals surface area contributed by atoms with Crippen molar-refractivity contribution in [1.29, 1.82) is 0 Å². The first-order chi connectivity index (χ1) is 13.5. The highest BCUT2D eigenvalue weighted by atomic mass is 35.5. The van der Waals surface area contributed by atoms with Gasteiger partial charge >= 0.3 is 0 Å². The standard InChI is InChI=1S/C22H29N3O3.2ClH/c1-14-4-3-5-16-17(12-15(2)24-20(14)16)21(27)25-9-6-22(7-10-25)18(26)13-19(22)28-11-8-23;;/h3-5,12,18-19,26H,6-11,13,23H2,1-2H3;2*1H/t18-,19+;;/m1../s1. The highest BCUT2D eigenvalue weighted by molar-refractivity contribution is 6.06. The summed E-state index contributed by atoms with van der Waals surface area (Å²) in [5.41, 5.74) is 8.87. The van der Waals surface area contributed by atoms with E-state index in [-0.39, 0.29) is 48.3 Å². The fraction of sp³-hybridized carbons (Fsp3) is 0.545. The van der Waals surface area contributed by atoms with Crippen molar-refractivity contribution in [3.8, 4) is 0 Å².